The van der Waals surface area contributed by atoms with Gasteiger partial charge in [0.1, 0.15) is 0 Å². The monoisotopic (exact) mass is 334 g/mol. The fourth-order valence-corrected chi connectivity index (χ4v) is 3.54. The lowest BCUT2D eigenvalue weighted by Crippen LogP contribution is -2.01. The standard InChI is InChI=1S/C26H22/c1-4-12-21(13-5-1)25-19-11-10-18-24(25)20-26(22-14-6-2-7-15-22)23-16-8-3-9-17-23/h1-17,19-20,26H,18H2. The molecule has 0 radical (unpaired) electrons. The van der Waals surface area contributed by atoms with Gasteiger partial charge < -0.3 is 0 Å². The quantitative estimate of drug-likeness (QED) is 0.493. The molecule has 3 aromatic carbocycles. The van der Waals surface area contributed by atoms with Crippen molar-refractivity contribution in [3.05, 3.63) is 138 Å². The molecular formula is C26H22. The number of hydrogen-bond acceptors (Lipinski definition) is 0. The lowest BCUT2D eigenvalue weighted by Gasteiger charge is -2.20. The van der Waals surface area contributed by atoms with Crippen molar-refractivity contribution in [1.29, 1.82) is 0 Å². The maximum atomic E-state index is 2.44. The van der Waals surface area contributed by atoms with Crippen molar-refractivity contribution in [3.63, 3.8) is 0 Å². The molecule has 0 unspecified atom stereocenters. The van der Waals surface area contributed by atoms with Gasteiger partial charge in [0.25, 0.3) is 0 Å². The third kappa shape index (κ3) is 3.60. The number of allylic oxidation sites excluding steroid dienone is 6. The molecule has 1 aliphatic carbocycles. The zero-order valence-electron chi connectivity index (χ0n) is 14.8. The first-order valence-electron chi connectivity index (χ1n) is 9.15. The van der Waals surface area contributed by atoms with E-state index >= 15 is 0 Å². The van der Waals surface area contributed by atoms with E-state index in [1.807, 2.05) is 0 Å². The highest BCUT2D eigenvalue weighted by Gasteiger charge is 2.15. The van der Waals surface area contributed by atoms with Crippen LogP contribution in [0, 0.1) is 0 Å². The smallest absolute Gasteiger partial charge is 0.0275 e. The van der Waals surface area contributed by atoms with Gasteiger partial charge in [0.05, 0.1) is 0 Å². The summed E-state index contributed by atoms with van der Waals surface area (Å²) in [4.78, 5) is 0. The van der Waals surface area contributed by atoms with Crippen molar-refractivity contribution in [2.24, 2.45) is 0 Å². The molecule has 0 aliphatic heterocycles. The summed E-state index contributed by atoms with van der Waals surface area (Å²) < 4.78 is 0. The maximum absolute atomic E-state index is 2.44. The van der Waals surface area contributed by atoms with Crippen LogP contribution in [0.4, 0.5) is 0 Å². The zero-order valence-corrected chi connectivity index (χ0v) is 14.8. The molecule has 0 N–H and O–H groups in total. The Labute approximate surface area is 155 Å². The summed E-state index contributed by atoms with van der Waals surface area (Å²) in [7, 11) is 0. The van der Waals surface area contributed by atoms with Crippen molar-refractivity contribution < 1.29 is 0 Å². The van der Waals surface area contributed by atoms with Gasteiger partial charge in [-0.25, -0.2) is 0 Å². The summed E-state index contributed by atoms with van der Waals surface area (Å²) in [6, 6.07) is 32.2. The summed E-state index contributed by atoms with van der Waals surface area (Å²) >= 11 is 0. The van der Waals surface area contributed by atoms with Gasteiger partial charge in [0.2, 0.25) is 0 Å². The second-order valence-corrected chi connectivity index (χ2v) is 6.57. The Morgan fingerprint density at radius 2 is 1.19 bits per heavy atom. The van der Waals surface area contributed by atoms with Crippen LogP contribution in [0.25, 0.3) is 5.57 Å². The Kier molecular flexibility index (Phi) is 4.93. The van der Waals surface area contributed by atoms with Gasteiger partial charge in [-0.2, -0.15) is 0 Å². The van der Waals surface area contributed by atoms with E-state index in [0.29, 0.717) is 0 Å². The number of rotatable bonds is 4. The van der Waals surface area contributed by atoms with Crippen LogP contribution in [-0.4, -0.2) is 0 Å². The van der Waals surface area contributed by atoms with Crippen molar-refractivity contribution in [2.75, 3.05) is 0 Å². The Balaban J connectivity index is 1.79. The third-order valence-corrected chi connectivity index (χ3v) is 4.85. The molecule has 0 saturated carbocycles. The third-order valence-electron chi connectivity index (χ3n) is 4.85. The molecule has 0 saturated heterocycles. The molecule has 4 rings (SSSR count). The highest BCUT2D eigenvalue weighted by atomic mass is 14.2. The lowest BCUT2D eigenvalue weighted by molar-refractivity contribution is 1.01. The molecule has 0 heteroatoms. The van der Waals surface area contributed by atoms with Gasteiger partial charge >= 0.3 is 0 Å². The Hall–Kier alpha value is -3.12. The minimum atomic E-state index is 0.256. The van der Waals surface area contributed by atoms with Crippen molar-refractivity contribution >= 4 is 5.57 Å². The van der Waals surface area contributed by atoms with Gasteiger partial charge in [-0.15, -0.1) is 0 Å². The second kappa shape index (κ2) is 7.84. The molecule has 126 valence electrons. The van der Waals surface area contributed by atoms with Crippen LogP contribution in [0.2, 0.25) is 0 Å². The van der Waals surface area contributed by atoms with Gasteiger partial charge in [-0.1, -0.05) is 115 Å². The van der Waals surface area contributed by atoms with E-state index in [4.69, 9.17) is 0 Å². The van der Waals surface area contributed by atoms with Crippen molar-refractivity contribution in [3.8, 4) is 0 Å². The predicted molar refractivity (Wildman–Crippen MR) is 111 cm³/mol. The Bertz CT molecular complexity index is 890. The first-order valence-corrected chi connectivity index (χ1v) is 9.15. The summed E-state index contributed by atoms with van der Waals surface area (Å²) in [5, 5.41) is 0. The first-order chi connectivity index (χ1) is 12.9. The van der Waals surface area contributed by atoms with Crippen LogP contribution in [-0.2, 0) is 0 Å². The topological polar surface area (TPSA) is 0 Å². The summed E-state index contributed by atoms with van der Waals surface area (Å²) in [6.07, 6.45) is 10.0. The average molecular weight is 334 g/mol. The summed E-state index contributed by atoms with van der Waals surface area (Å²) in [5.74, 6) is 0.256. The van der Waals surface area contributed by atoms with E-state index in [9.17, 15) is 0 Å². The van der Waals surface area contributed by atoms with Gasteiger partial charge in [0, 0.05) is 5.92 Å². The van der Waals surface area contributed by atoms with Crippen LogP contribution in [0.5, 0.6) is 0 Å². The van der Waals surface area contributed by atoms with E-state index in [1.165, 1.54) is 27.8 Å². The van der Waals surface area contributed by atoms with E-state index < -0.39 is 0 Å². The van der Waals surface area contributed by atoms with Gasteiger partial charge in [-0.05, 0) is 34.3 Å². The average Bonchev–Trinajstić information content (AvgIpc) is 2.74. The van der Waals surface area contributed by atoms with E-state index in [-0.39, 0.29) is 5.92 Å². The number of hydrogen-bond donors (Lipinski definition) is 0. The summed E-state index contributed by atoms with van der Waals surface area (Å²) in [5.41, 5.74) is 6.64. The Morgan fingerprint density at radius 1 is 0.654 bits per heavy atom. The molecular weight excluding hydrogens is 312 g/mol. The molecule has 0 bridgehead atoms. The molecule has 0 spiro atoms. The van der Waals surface area contributed by atoms with E-state index in [1.54, 1.807) is 0 Å². The Morgan fingerprint density at radius 3 is 1.77 bits per heavy atom. The van der Waals surface area contributed by atoms with Gasteiger partial charge in [-0.3, -0.25) is 0 Å². The van der Waals surface area contributed by atoms with Gasteiger partial charge in [0.15, 0.2) is 0 Å². The highest BCUT2D eigenvalue weighted by molar-refractivity contribution is 5.81. The minimum absolute atomic E-state index is 0.256. The van der Waals surface area contributed by atoms with Crippen LogP contribution in [0.1, 0.15) is 29.0 Å². The van der Waals surface area contributed by atoms with E-state index in [2.05, 4.69) is 115 Å². The number of benzene rings is 3. The largest absolute Gasteiger partial charge is 0.0801 e. The molecule has 0 fully saturated rings. The molecule has 0 nitrogen and oxygen atoms in total. The van der Waals surface area contributed by atoms with Crippen molar-refractivity contribution in [2.45, 2.75) is 12.3 Å². The van der Waals surface area contributed by atoms with Crippen LogP contribution in [0.3, 0.4) is 0 Å². The lowest BCUT2D eigenvalue weighted by atomic mass is 9.84. The fourth-order valence-electron chi connectivity index (χ4n) is 3.54. The SMILES string of the molecule is C1=CCC(=CC(c2ccccc2)c2ccccc2)C(c2ccccc2)=C1. The second-order valence-electron chi connectivity index (χ2n) is 6.57. The molecule has 26 heavy (non-hydrogen) atoms. The molecule has 0 atom stereocenters. The first kappa shape index (κ1) is 16.4. The molecule has 1 aliphatic rings. The van der Waals surface area contributed by atoms with Crippen LogP contribution in [0.15, 0.2) is 121 Å². The predicted octanol–water partition coefficient (Wildman–Crippen LogP) is 6.79. The minimum Gasteiger partial charge on any atom is -0.0801 e. The molecule has 0 heterocycles. The molecule has 3 aromatic rings. The normalized spacial score (nSPS) is 15.3. The summed E-state index contributed by atoms with van der Waals surface area (Å²) in [6.45, 7) is 0. The van der Waals surface area contributed by atoms with Crippen LogP contribution < -0.4 is 0 Å². The highest BCUT2D eigenvalue weighted by Crippen LogP contribution is 2.34. The molecule has 0 aromatic heterocycles. The van der Waals surface area contributed by atoms with E-state index in [0.717, 1.165) is 6.42 Å². The van der Waals surface area contributed by atoms with Crippen LogP contribution >= 0.6 is 0 Å². The van der Waals surface area contributed by atoms with Crippen molar-refractivity contribution in [1.82, 2.24) is 0 Å². The maximum Gasteiger partial charge on any atom is 0.0275 e. The zero-order chi connectivity index (χ0) is 17.6. The molecule has 0 amide bonds. The fraction of sp³-hybridized carbons (Fsp3) is 0.0769.